The molecule has 108 valence electrons. The Morgan fingerprint density at radius 2 is 2.05 bits per heavy atom. The first-order valence-electron chi connectivity index (χ1n) is 6.90. The molecule has 1 atom stereocenters. The fraction of sp³-hybridized carbons (Fsp3) is 0.467. The predicted molar refractivity (Wildman–Crippen MR) is 75.5 cm³/mol. The molecule has 0 saturated carbocycles. The molecular formula is C15H20N2O3. The molecule has 1 fully saturated rings. The van der Waals surface area contributed by atoms with E-state index in [2.05, 4.69) is 5.32 Å². The molecule has 0 radical (unpaired) electrons. The number of Topliss-reactive ketones (excluding diaryl/α,β-unsaturated/α-hetero) is 1. The quantitative estimate of drug-likeness (QED) is 0.740. The summed E-state index contributed by atoms with van der Waals surface area (Å²) in [5.74, 6) is -0.270. The summed E-state index contributed by atoms with van der Waals surface area (Å²) in [5, 5.41) is 11.8. The van der Waals surface area contributed by atoms with Crippen LogP contribution in [0, 0.1) is 0 Å². The minimum Gasteiger partial charge on any atom is -0.395 e. The van der Waals surface area contributed by atoms with Crippen LogP contribution in [0.25, 0.3) is 0 Å². The Bertz CT molecular complexity index is 461. The van der Waals surface area contributed by atoms with Crippen molar-refractivity contribution in [3.05, 3.63) is 35.9 Å². The molecular weight excluding hydrogens is 256 g/mol. The first kappa shape index (κ1) is 14.7. The van der Waals surface area contributed by atoms with Crippen molar-refractivity contribution in [2.24, 2.45) is 0 Å². The van der Waals surface area contributed by atoms with E-state index in [1.54, 1.807) is 24.3 Å². The highest BCUT2D eigenvalue weighted by Gasteiger charge is 2.25. The average molecular weight is 276 g/mol. The monoisotopic (exact) mass is 276 g/mol. The van der Waals surface area contributed by atoms with Gasteiger partial charge in [-0.25, -0.2) is 0 Å². The second-order valence-electron chi connectivity index (χ2n) is 5.02. The largest absolute Gasteiger partial charge is 0.395 e. The highest BCUT2D eigenvalue weighted by molar-refractivity contribution is 5.99. The number of ketones is 1. The van der Waals surface area contributed by atoms with Crippen LogP contribution >= 0.6 is 0 Å². The third-order valence-corrected chi connectivity index (χ3v) is 3.60. The van der Waals surface area contributed by atoms with Gasteiger partial charge in [0, 0.05) is 11.6 Å². The molecule has 1 saturated heterocycles. The number of aliphatic hydroxyl groups is 1. The van der Waals surface area contributed by atoms with Gasteiger partial charge in [0.2, 0.25) is 5.91 Å². The van der Waals surface area contributed by atoms with Crippen LogP contribution in [0.3, 0.4) is 0 Å². The van der Waals surface area contributed by atoms with Gasteiger partial charge in [0.25, 0.3) is 0 Å². The zero-order chi connectivity index (χ0) is 14.4. The van der Waals surface area contributed by atoms with E-state index >= 15 is 0 Å². The maximum absolute atomic E-state index is 11.8. The second-order valence-corrected chi connectivity index (χ2v) is 5.02. The Morgan fingerprint density at radius 3 is 2.75 bits per heavy atom. The molecule has 1 amide bonds. The molecule has 1 aromatic rings. The maximum atomic E-state index is 11.8. The fourth-order valence-corrected chi connectivity index (χ4v) is 2.46. The molecule has 2 rings (SSSR count). The molecule has 0 aromatic heterocycles. The van der Waals surface area contributed by atoms with Crippen molar-refractivity contribution in [3.63, 3.8) is 0 Å². The number of nitrogens with one attached hydrogen (secondary N) is 1. The van der Waals surface area contributed by atoms with Gasteiger partial charge >= 0.3 is 0 Å². The van der Waals surface area contributed by atoms with Crippen molar-refractivity contribution in [3.8, 4) is 0 Å². The third kappa shape index (κ3) is 3.88. The summed E-state index contributed by atoms with van der Waals surface area (Å²) in [6.45, 7) is 1.16. The van der Waals surface area contributed by atoms with Crippen molar-refractivity contribution in [1.82, 2.24) is 10.2 Å². The number of nitrogens with zero attached hydrogens (tertiary/aromatic N) is 1. The minimum absolute atomic E-state index is 0.0144. The molecule has 2 N–H and O–H groups in total. The number of likely N-dealkylation sites (tertiary alicyclic amines) is 1. The van der Waals surface area contributed by atoms with Gasteiger partial charge < -0.3 is 10.4 Å². The Hall–Kier alpha value is -1.72. The van der Waals surface area contributed by atoms with E-state index in [-0.39, 0.29) is 37.4 Å². The number of hydrogen-bond acceptors (Lipinski definition) is 4. The molecule has 0 unspecified atom stereocenters. The summed E-state index contributed by atoms with van der Waals surface area (Å²) >= 11 is 0. The minimum atomic E-state index is -0.172. The molecule has 1 aliphatic rings. The van der Waals surface area contributed by atoms with Gasteiger partial charge in [-0.2, -0.15) is 0 Å². The summed E-state index contributed by atoms with van der Waals surface area (Å²) in [6, 6.07) is 8.98. The Labute approximate surface area is 118 Å². The first-order chi connectivity index (χ1) is 9.70. The van der Waals surface area contributed by atoms with Gasteiger partial charge in [0.1, 0.15) is 0 Å². The third-order valence-electron chi connectivity index (χ3n) is 3.60. The van der Waals surface area contributed by atoms with E-state index < -0.39 is 0 Å². The lowest BCUT2D eigenvalue weighted by Gasteiger charge is -2.21. The van der Waals surface area contributed by atoms with Crippen LogP contribution in [0.5, 0.6) is 0 Å². The number of aliphatic hydroxyl groups excluding tert-OH is 1. The number of rotatable bonds is 6. The molecule has 1 aromatic carbocycles. The van der Waals surface area contributed by atoms with E-state index in [0.717, 1.165) is 19.4 Å². The highest BCUT2D eigenvalue weighted by atomic mass is 16.3. The number of hydrogen-bond donors (Lipinski definition) is 2. The van der Waals surface area contributed by atoms with Crippen LogP contribution in [0.1, 0.15) is 23.2 Å². The molecule has 0 bridgehead atoms. The van der Waals surface area contributed by atoms with E-state index in [0.29, 0.717) is 5.56 Å². The number of amides is 1. The topological polar surface area (TPSA) is 69.6 Å². The van der Waals surface area contributed by atoms with Crippen molar-refractivity contribution < 1.29 is 14.7 Å². The lowest BCUT2D eigenvalue weighted by molar-refractivity contribution is -0.122. The Kier molecular flexibility index (Phi) is 5.26. The van der Waals surface area contributed by atoms with Crippen LogP contribution < -0.4 is 5.32 Å². The summed E-state index contributed by atoms with van der Waals surface area (Å²) in [5.41, 5.74) is 0.599. The van der Waals surface area contributed by atoms with Gasteiger partial charge in [-0.05, 0) is 19.4 Å². The standard InChI is InChI=1S/C15H20N2O3/c18-11-13-7-4-8-17(13)10-15(20)16-9-14(19)12-5-2-1-3-6-12/h1-3,5-6,13,18H,4,7-11H2,(H,16,20)/t13-/m0/s1. The van der Waals surface area contributed by atoms with Crippen molar-refractivity contribution in [2.75, 3.05) is 26.2 Å². The number of carbonyl (C=O) groups excluding carboxylic acids is 2. The van der Waals surface area contributed by atoms with Crippen LogP contribution in [-0.2, 0) is 4.79 Å². The SMILES string of the molecule is O=C(CN1CCC[C@H]1CO)NCC(=O)c1ccccc1. The molecule has 0 aliphatic carbocycles. The van der Waals surface area contributed by atoms with Crippen LogP contribution in [0.2, 0.25) is 0 Å². The molecule has 5 heteroatoms. The van der Waals surface area contributed by atoms with Crippen LogP contribution in [-0.4, -0.2) is 54.0 Å². The fourth-order valence-electron chi connectivity index (χ4n) is 2.46. The van der Waals surface area contributed by atoms with Gasteiger partial charge in [0.15, 0.2) is 5.78 Å². The first-order valence-corrected chi connectivity index (χ1v) is 6.90. The molecule has 1 heterocycles. The number of benzene rings is 1. The van der Waals surface area contributed by atoms with Crippen LogP contribution in [0.15, 0.2) is 30.3 Å². The van der Waals surface area contributed by atoms with E-state index in [4.69, 9.17) is 0 Å². The summed E-state index contributed by atoms with van der Waals surface area (Å²) < 4.78 is 0. The predicted octanol–water partition coefficient (Wildman–Crippen LogP) is 0.442. The Balaban J connectivity index is 1.76. The molecule has 0 spiro atoms. The van der Waals surface area contributed by atoms with E-state index in [1.807, 2.05) is 11.0 Å². The normalized spacial score (nSPS) is 18.9. The lowest BCUT2D eigenvalue weighted by Crippen LogP contribution is -2.42. The summed E-state index contributed by atoms with van der Waals surface area (Å²) in [7, 11) is 0. The highest BCUT2D eigenvalue weighted by Crippen LogP contribution is 2.15. The second kappa shape index (κ2) is 7.17. The van der Waals surface area contributed by atoms with Crippen LogP contribution in [0.4, 0.5) is 0 Å². The number of carbonyl (C=O) groups is 2. The zero-order valence-corrected chi connectivity index (χ0v) is 11.4. The summed E-state index contributed by atoms with van der Waals surface area (Å²) in [6.07, 6.45) is 1.92. The van der Waals surface area contributed by atoms with Gasteiger partial charge in [0.05, 0.1) is 19.7 Å². The molecule has 20 heavy (non-hydrogen) atoms. The van der Waals surface area contributed by atoms with Crippen molar-refractivity contribution in [1.29, 1.82) is 0 Å². The molecule has 1 aliphatic heterocycles. The van der Waals surface area contributed by atoms with Gasteiger partial charge in [-0.3, -0.25) is 14.5 Å². The lowest BCUT2D eigenvalue weighted by atomic mass is 10.1. The van der Waals surface area contributed by atoms with E-state index in [9.17, 15) is 14.7 Å². The van der Waals surface area contributed by atoms with Gasteiger partial charge in [-0.15, -0.1) is 0 Å². The summed E-state index contributed by atoms with van der Waals surface area (Å²) in [4.78, 5) is 25.6. The van der Waals surface area contributed by atoms with Crippen molar-refractivity contribution in [2.45, 2.75) is 18.9 Å². The Morgan fingerprint density at radius 1 is 1.30 bits per heavy atom. The maximum Gasteiger partial charge on any atom is 0.234 e. The smallest absolute Gasteiger partial charge is 0.234 e. The van der Waals surface area contributed by atoms with E-state index in [1.165, 1.54) is 0 Å². The molecule has 5 nitrogen and oxygen atoms in total. The van der Waals surface area contributed by atoms with Gasteiger partial charge in [-0.1, -0.05) is 30.3 Å². The average Bonchev–Trinajstić information content (AvgIpc) is 2.92. The van der Waals surface area contributed by atoms with Crippen molar-refractivity contribution >= 4 is 11.7 Å². The zero-order valence-electron chi connectivity index (χ0n) is 11.4.